The van der Waals surface area contributed by atoms with Gasteiger partial charge in [-0.15, -0.1) is 11.8 Å². The predicted molar refractivity (Wildman–Crippen MR) is 110 cm³/mol. The molecule has 2 aromatic heterocycles. The van der Waals surface area contributed by atoms with Crippen LogP contribution >= 0.6 is 35.0 Å². The first-order chi connectivity index (χ1) is 13.1. The lowest BCUT2D eigenvalue weighted by atomic mass is 10.2. The number of aliphatic hydroxyl groups excluding tert-OH is 1. The fourth-order valence-electron chi connectivity index (χ4n) is 2.83. The molecular weight excluding hydrogens is 407 g/mol. The summed E-state index contributed by atoms with van der Waals surface area (Å²) in [6.07, 6.45) is 0. The van der Waals surface area contributed by atoms with Crippen molar-refractivity contribution in [1.29, 1.82) is 0 Å². The molecule has 0 saturated carbocycles. The molecule has 1 unspecified atom stereocenters. The van der Waals surface area contributed by atoms with Crippen molar-refractivity contribution in [2.45, 2.75) is 12.0 Å². The number of hydrogen-bond donors (Lipinski definition) is 2. The van der Waals surface area contributed by atoms with Crippen LogP contribution in [0, 0.1) is 0 Å². The molecule has 0 radical (unpaired) electrons. The fourth-order valence-corrected chi connectivity index (χ4v) is 4.06. The number of thioether (sulfide) groups is 1. The minimum Gasteiger partial charge on any atom is -0.381 e. The standard InChI is InChI=1S/C17H16Cl2N6OS/c18-13-15(20-8-10-4-2-1-3-5-10)22-14-12(21-13)16(24-17(19)23-14)25-6-7-27-11(26)9-25/h1-5,11,26H,6-9H2,(H,20,22,23,24). The molecule has 10 heteroatoms. The van der Waals surface area contributed by atoms with Gasteiger partial charge in [-0.1, -0.05) is 41.9 Å². The quantitative estimate of drug-likeness (QED) is 0.619. The highest BCUT2D eigenvalue weighted by Crippen LogP contribution is 2.30. The van der Waals surface area contributed by atoms with Crippen molar-refractivity contribution in [1.82, 2.24) is 19.9 Å². The van der Waals surface area contributed by atoms with Crippen LogP contribution in [0.3, 0.4) is 0 Å². The second kappa shape index (κ2) is 8.02. The third kappa shape index (κ3) is 4.19. The Kier molecular flexibility index (Phi) is 5.49. The van der Waals surface area contributed by atoms with Crippen molar-refractivity contribution in [2.75, 3.05) is 29.1 Å². The van der Waals surface area contributed by atoms with E-state index in [0.717, 1.165) is 17.9 Å². The third-order valence-electron chi connectivity index (χ3n) is 4.09. The van der Waals surface area contributed by atoms with Gasteiger partial charge in [0.25, 0.3) is 0 Å². The van der Waals surface area contributed by atoms with Crippen molar-refractivity contribution >= 4 is 57.8 Å². The number of nitrogens with zero attached hydrogens (tertiary/aromatic N) is 5. The number of aromatic nitrogens is 4. The zero-order chi connectivity index (χ0) is 18.8. The number of fused-ring (bicyclic) bond motifs is 1. The Balaban J connectivity index is 1.67. The largest absolute Gasteiger partial charge is 0.381 e. The normalized spacial score (nSPS) is 17.3. The SMILES string of the molecule is OC1CN(c2nc(Cl)nc3nc(NCc4ccccc4)c(Cl)nc23)CCS1. The van der Waals surface area contributed by atoms with Gasteiger partial charge in [-0.3, -0.25) is 0 Å². The van der Waals surface area contributed by atoms with Gasteiger partial charge in [0.15, 0.2) is 28.0 Å². The number of aliphatic hydroxyl groups is 1. The second-order valence-electron chi connectivity index (χ2n) is 5.96. The molecule has 27 heavy (non-hydrogen) atoms. The van der Waals surface area contributed by atoms with E-state index >= 15 is 0 Å². The first-order valence-corrected chi connectivity index (χ1v) is 10.1. The zero-order valence-corrected chi connectivity index (χ0v) is 16.5. The van der Waals surface area contributed by atoms with Crippen LogP contribution in [-0.2, 0) is 6.54 Å². The number of β-amino-alcohol motifs (C(OH)–C–C–N with tert-alkyl or cyclic N) is 1. The number of rotatable bonds is 4. The Morgan fingerprint density at radius 3 is 2.74 bits per heavy atom. The van der Waals surface area contributed by atoms with E-state index in [-0.39, 0.29) is 10.4 Å². The van der Waals surface area contributed by atoms with E-state index in [1.54, 1.807) is 0 Å². The molecule has 1 fully saturated rings. The number of hydrogen-bond acceptors (Lipinski definition) is 8. The van der Waals surface area contributed by atoms with Crippen molar-refractivity contribution in [3.63, 3.8) is 0 Å². The molecule has 1 atom stereocenters. The van der Waals surface area contributed by atoms with E-state index in [1.165, 1.54) is 11.8 Å². The van der Waals surface area contributed by atoms with E-state index in [0.29, 0.717) is 35.9 Å². The Morgan fingerprint density at radius 2 is 1.96 bits per heavy atom. The maximum atomic E-state index is 9.93. The molecule has 140 valence electrons. The van der Waals surface area contributed by atoms with Gasteiger partial charge in [0, 0.05) is 18.8 Å². The fraction of sp³-hybridized carbons (Fsp3) is 0.294. The minimum absolute atomic E-state index is 0.0795. The van der Waals surface area contributed by atoms with Crippen LogP contribution in [0.4, 0.5) is 11.6 Å². The van der Waals surface area contributed by atoms with Gasteiger partial charge in [0.1, 0.15) is 5.44 Å². The number of nitrogens with one attached hydrogen (secondary N) is 1. The third-order valence-corrected chi connectivity index (χ3v) is 5.48. The van der Waals surface area contributed by atoms with E-state index in [2.05, 4.69) is 25.3 Å². The van der Waals surface area contributed by atoms with Gasteiger partial charge >= 0.3 is 0 Å². The number of anilines is 2. The highest BCUT2D eigenvalue weighted by Gasteiger charge is 2.24. The Morgan fingerprint density at radius 1 is 1.15 bits per heavy atom. The Bertz CT molecular complexity index is 961. The molecule has 7 nitrogen and oxygen atoms in total. The lowest BCUT2D eigenvalue weighted by Crippen LogP contribution is -2.38. The monoisotopic (exact) mass is 422 g/mol. The molecule has 1 aromatic carbocycles. The maximum absolute atomic E-state index is 9.93. The van der Waals surface area contributed by atoms with E-state index < -0.39 is 5.44 Å². The second-order valence-corrected chi connectivity index (χ2v) is 7.94. The lowest BCUT2D eigenvalue weighted by Gasteiger charge is -2.30. The zero-order valence-electron chi connectivity index (χ0n) is 14.1. The minimum atomic E-state index is -0.488. The summed E-state index contributed by atoms with van der Waals surface area (Å²) in [5, 5.41) is 13.4. The molecule has 3 heterocycles. The van der Waals surface area contributed by atoms with Crippen molar-refractivity contribution < 1.29 is 5.11 Å². The summed E-state index contributed by atoms with van der Waals surface area (Å²) in [4.78, 5) is 19.4. The van der Waals surface area contributed by atoms with Crippen LogP contribution < -0.4 is 10.2 Å². The molecule has 1 aliphatic rings. The van der Waals surface area contributed by atoms with E-state index in [1.807, 2.05) is 35.2 Å². The van der Waals surface area contributed by atoms with Crippen LogP contribution in [0.25, 0.3) is 11.2 Å². The van der Waals surface area contributed by atoms with Crippen LogP contribution in [-0.4, -0.2) is 49.3 Å². The topological polar surface area (TPSA) is 87.1 Å². The summed E-state index contributed by atoms with van der Waals surface area (Å²) in [6.45, 7) is 1.71. The molecule has 0 spiro atoms. The maximum Gasteiger partial charge on any atom is 0.226 e. The lowest BCUT2D eigenvalue weighted by molar-refractivity contribution is 0.264. The molecule has 1 aliphatic heterocycles. The Labute approximate surface area is 170 Å². The Hall–Kier alpha value is -1.87. The summed E-state index contributed by atoms with van der Waals surface area (Å²) in [7, 11) is 0. The number of benzene rings is 1. The number of halogens is 2. The van der Waals surface area contributed by atoms with Crippen molar-refractivity contribution in [3.8, 4) is 0 Å². The molecule has 0 amide bonds. The summed E-state index contributed by atoms with van der Waals surface area (Å²) >= 11 is 14.0. The van der Waals surface area contributed by atoms with Crippen LogP contribution in [0.1, 0.15) is 5.56 Å². The first-order valence-electron chi connectivity index (χ1n) is 8.33. The molecule has 2 N–H and O–H groups in total. The van der Waals surface area contributed by atoms with Crippen LogP contribution in [0.2, 0.25) is 10.4 Å². The summed E-state index contributed by atoms with van der Waals surface area (Å²) in [5.74, 6) is 1.75. The van der Waals surface area contributed by atoms with E-state index in [4.69, 9.17) is 23.2 Å². The molecule has 0 aliphatic carbocycles. The van der Waals surface area contributed by atoms with Crippen LogP contribution in [0.5, 0.6) is 0 Å². The van der Waals surface area contributed by atoms with Gasteiger partial charge in [-0.05, 0) is 17.2 Å². The summed E-state index contributed by atoms with van der Waals surface area (Å²) in [5.41, 5.74) is 1.43. The van der Waals surface area contributed by atoms with Crippen LogP contribution in [0.15, 0.2) is 30.3 Å². The van der Waals surface area contributed by atoms with Crippen molar-refractivity contribution in [2.24, 2.45) is 0 Å². The first kappa shape index (κ1) is 18.5. The summed E-state index contributed by atoms with van der Waals surface area (Å²) < 4.78 is 0. The highest BCUT2D eigenvalue weighted by molar-refractivity contribution is 7.99. The molecule has 0 bridgehead atoms. The van der Waals surface area contributed by atoms with Gasteiger partial charge in [-0.25, -0.2) is 9.97 Å². The smallest absolute Gasteiger partial charge is 0.226 e. The highest BCUT2D eigenvalue weighted by atomic mass is 35.5. The van der Waals surface area contributed by atoms with Gasteiger partial charge in [0.05, 0.1) is 6.54 Å². The van der Waals surface area contributed by atoms with E-state index in [9.17, 15) is 5.11 Å². The average Bonchev–Trinajstić information content (AvgIpc) is 2.67. The molecule has 4 rings (SSSR count). The molecular formula is C17H16Cl2N6OS. The van der Waals surface area contributed by atoms with Gasteiger partial charge in [-0.2, -0.15) is 9.97 Å². The predicted octanol–water partition coefficient (Wildman–Crippen LogP) is 3.21. The van der Waals surface area contributed by atoms with Gasteiger partial charge in [0.2, 0.25) is 5.28 Å². The van der Waals surface area contributed by atoms with Crippen molar-refractivity contribution in [3.05, 3.63) is 46.3 Å². The molecule has 3 aromatic rings. The molecule has 1 saturated heterocycles. The summed E-state index contributed by atoms with van der Waals surface area (Å²) in [6, 6.07) is 9.91. The average molecular weight is 423 g/mol. The van der Waals surface area contributed by atoms with Gasteiger partial charge < -0.3 is 15.3 Å².